The third kappa shape index (κ3) is 3.24. The van der Waals surface area contributed by atoms with Crippen LogP contribution in [0.2, 0.25) is 0 Å². The van der Waals surface area contributed by atoms with E-state index in [9.17, 15) is 4.79 Å². The van der Waals surface area contributed by atoms with E-state index in [2.05, 4.69) is 10.2 Å². The van der Waals surface area contributed by atoms with Crippen LogP contribution in [0.15, 0.2) is 59.5 Å². The van der Waals surface area contributed by atoms with Crippen LogP contribution in [0.3, 0.4) is 0 Å². The van der Waals surface area contributed by atoms with Crippen LogP contribution in [0, 0.1) is 0 Å². The Kier molecular flexibility index (Phi) is 5.37. The highest BCUT2D eigenvalue weighted by Gasteiger charge is 2.20. The number of hydrogen-bond acceptors (Lipinski definition) is 7. The summed E-state index contributed by atoms with van der Waals surface area (Å²) in [5.41, 5.74) is 4.42. The summed E-state index contributed by atoms with van der Waals surface area (Å²) in [5.74, 6) is 1.33. The van der Waals surface area contributed by atoms with Crippen molar-refractivity contribution in [3.8, 4) is 34.1 Å². The number of benzene rings is 2. The number of pyridine rings is 1. The van der Waals surface area contributed by atoms with Gasteiger partial charge in [-0.3, -0.25) is 9.36 Å². The molecule has 0 aliphatic carbocycles. The Morgan fingerprint density at radius 2 is 1.62 bits per heavy atom. The Morgan fingerprint density at radius 3 is 2.24 bits per heavy atom. The average molecular weight is 457 g/mol. The van der Waals surface area contributed by atoms with E-state index in [1.165, 1.54) is 25.9 Å². The molecule has 0 aliphatic rings. The van der Waals surface area contributed by atoms with Gasteiger partial charge in [0, 0.05) is 18.3 Å². The van der Waals surface area contributed by atoms with E-state index in [1.807, 2.05) is 43.3 Å². The number of methoxy groups -OCH3 is 3. The molecule has 5 rings (SSSR count). The minimum absolute atomic E-state index is 0.202. The zero-order valence-electron chi connectivity index (χ0n) is 19.3. The molecule has 34 heavy (non-hydrogen) atoms. The highest BCUT2D eigenvalue weighted by atomic mass is 16.5. The summed E-state index contributed by atoms with van der Waals surface area (Å²) < 4.78 is 19.4. The van der Waals surface area contributed by atoms with Crippen molar-refractivity contribution in [3.05, 3.63) is 70.8 Å². The van der Waals surface area contributed by atoms with Crippen molar-refractivity contribution in [1.29, 1.82) is 0 Å². The summed E-state index contributed by atoms with van der Waals surface area (Å²) in [5, 5.41) is 13.5. The summed E-state index contributed by atoms with van der Waals surface area (Å²) in [4.78, 5) is 13.5. The Balaban J connectivity index is 1.74. The van der Waals surface area contributed by atoms with Gasteiger partial charge in [-0.25, -0.2) is 4.52 Å². The molecule has 3 heterocycles. The number of aryl methyl sites for hydroxylation is 1. The van der Waals surface area contributed by atoms with Crippen LogP contribution in [-0.2, 0) is 6.42 Å². The van der Waals surface area contributed by atoms with E-state index >= 15 is 0 Å². The molecule has 0 spiro atoms. The van der Waals surface area contributed by atoms with Crippen LogP contribution < -0.4 is 19.8 Å². The number of aromatic nitrogens is 5. The molecule has 0 saturated carbocycles. The van der Waals surface area contributed by atoms with Crippen molar-refractivity contribution < 1.29 is 14.2 Å². The Hall–Kier alpha value is -4.40. The molecule has 0 aliphatic heterocycles. The molecule has 0 radical (unpaired) electrons. The number of rotatable bonds is 6. The van der Waals surface area contributed by atoms with E-state index < -0.39 is 0 Å². The topological polar surface area (TPSA) is 92.8 Å². The minimum atomic E-state index is -0.337. The monoisotopic (exact) mass is 457 g/mol. The van der Waals surface area contributed by atoms with Crippen molar-refractivity contribution in [2.45, 2.75) is 13.3 Å². The number of fused-ring (bicyclic) bond motifs is 3. The summed E-state index contributed by atoms with van der Waals surface area (Å²) in [6.45, 7) is 2.04. The third-order valence-electron chi connectivity index (χ3n) is 5.78. The lowest BCUT2D eigenvalue weighted by Crippen LogP contribution is -2.20. The maximum atomic E-state index is 13.5. The van der Waals surface area contributed by atoms with Crippen molar-refractivity contribution in [2.24, 2.45) is 0 Å². The van der Waals surface area contributed by atoms with Gasteiger partial charge in [-0.05, 0) is 18.1 Å². The molecule has 3 aromatic heterocycles. The molecule has 0 unspecified atom stereocenters. The Bertz CT molecular complexity index is 1550. The fourth-order valence-electron chi connectivity index (χ4n) is 4.15. The molecular weight excluding hydrogens is 434 g/mol. The highest BCUT2D eigenvalue weighted by molar-refractivity contribution is 5.84. The predicted octanol–water partition coefficient (Wildman–Crippen LogP) is 3.68. The van der Waals surface area contributed by atoms with Gasteiger partial charge in [-0.1, -0.05) is 37.3 Å². The summed E-state index contributed by atoms with van der Waals surface area (Å²) in [6.07, 6.45) is 2.40. The van der Waals surface area contributed by atoms with Crippen LogP contribution in [0.25, 0.3) is 33.5 Å². The molecular formula is C25H23N5O4. The Morgan fingerprint density at radius 1 is 0.912 bits per heavy atom. The number of ether oxygens (including phenoxy) is 3. The van der Waals surface area contributed by atoms with E-state index in [-0.39, 0.29) is 11.1 Å². The second-order valence-corrected chi connectivity index (χ2v) is 7.58. The zero-order valence-corrected chi connectivity index (χ0v) is 19.3. The van der Waals surface area contributed by atoms with E-state index in [0.29, 0.717) is 34.1 Å². The number of nitrogens with zero attached hydrogens (tertiary/aromatic N) is 5. The van der Waals surface area contributed by atoms with Gasteiger partial charge in [0.05, 0.1) is 38.3 Å². The molecule has 0 fully saturated rings. The standard InChI is InChI=1S/C25H23N5O4/c1-5-17-21(15-9-7-6-8-10-15)24-27-26-22-18(30(24)28-17)11-12-29(25(22)31)16-13-19(32-2)23(34-4)20(14-16)33-3/h6-14H,5H2,1-4H3. The largest absolute Gasteiger partial charge is 0.493 e. The van der Waals surface area contributed by atoms with Crippen molar-refractivity contribution in [3.63, 3.8) is 0 Å². The quantitative estimate of drug-likeness (QED) is 0.384. The van der Waals surface area contributed by atoms with E-state index in [1.54, 1.807) is 22.8 Å². The van der Waals surface area contributed by atoms with Crippen LogP contribution >= 0.6 is 0 Å². The van der Waals surface area contributed by atoms with Gasteiger partial charge in [0.1, 0.15) is 5.52 Å². The molecule has 0 amide bonds. The number of hydrogen-bond donors (Lipinski definition) is 0. The molecule has 0 bridgehead atoms. The zero-order chi connectivity index (χ0) is 23.8. The molecule has 9 nitrogen and oxygen atoms in total. The van der Waals surface area contributed by atoms with Crippen molar-refractivity contribution >= 4 is 16.7 Å². The molecule has 2 aromatic carbocycles. The maximum absolute atomic E-state index is 13.5. The Labute approximate surface area is 195 Å². The lowest BCUT2D eigenvalue weighted by molar-refractivity contribution is 0.324. The van der Waals surface area contributed by atoms with Crippen molar-refractivity contribution in [2.75, 3.05) is 21.3 Å². The lowest BCUT2D eigenvalue weighted by atomic mass is 10.0. The first-order chi connectivity index (χ1) is 16.6. The molecule has 9 heteroatoms. The summed E-state index contributed by atoms with van der Waals surface area (Å²) in [7, 11) is 4.58. The summed E-state index contributed by atoms with van der Waals surface area (Å²) >= 11 is 0. The summed E-state index contributed by atoms with van der Waals surface area (Å²) in [6, 6.07) is 15.2. The van der Waals surface area contributed by atoms with Gasteiger partial charge in [-0.15, -0.1) is 10.2 Å². The van der Waals surface area contributed by atoms with Gasteiger partial charge in [-0.2, -0.15) is 5.10 Å². The normalized spacial score (nSPS) is 11.2. The van der Waals surface area contributed by atoms with Gasteiger partial charge < -0.3 is 14.2 Å². The SMILES string of the molecule is CCc1nn2c(nnc3c(=O)n(-c4cc(OC)c(OC)c(OC)c4)ccc32)c1-c1ccccc1. The van der Waals surface area contributed by atoms with Gasteiger partial charge >= 0.3 is 0 Å². The van der Waals surface area contributed by atoms with E-state index in [0.717, 1.165) is 23.2 Å². The smallest absolute Gasteiger partial charge is 0.285 e. The lowest BCUT2D eigenvalue weighted by Gasteiger charge is -2.15. The first-order valence-electron chi connectivity index (χ1n) is 10.8. The first-order valence-corrected chi connectivity index (χ1v) is 10.8. The van der Waals surface area contributed by atoms with E-state index in [4.69, 9.17) is 19.3 Å². The maximum Gasteiger partial charge on any atom is 0.285 e. The molecule has 0 saturated heterocycles. The van der Waals surface area contributed by atoms with Crippen LogP contribution in [0.1, 0.15) is 12.6 Å². The van der Waals surface area contributed by atoms with Crippen molar-refractivity contribution in [1.82, 2.24) is 24.4 Å². The van der Waals surface area contributed by atoms with Crippen LogP contribution in [-0.4, -0.2) is 45.7 Å². The van der Waals surface area contributed by atoms with Gasteiger partial charge in [0.15, 0.2) is 22.7 Å². The second kappa shape index (κ2) is 8.51. The fraction of sp³-hybridized carbons (Fsp3) is 0.200. The predicted molar refractivity (Wildman–Crippen MR) is 128 cm³/mol. The minimum Gasteiger partial charge on any atom is -0.493 e. The second-order valence-electron chi connectivity index (χ2n) is 7.58. The van der Waals surface area contributed by atoms with Gasteiger partial charge in [0.25, 0.3) is 5.56 Å². The first kappa shape index (κ1) is 21.4. The average Bonchev–Trinajstić information content (AvgIpc) is 3.27. The van der Waals surface area contributed by atoms with Gasteiger partial charge in [0.2, 0.25) is 5.75 Å². The van der Waals surface area contributed by atoms with Crippen LogP contribution in [0.5, 0.6) is 17.2 Å². The molecule has 172 valence electrons. The molecule has 5 aromatic rings. The third-order valence-corrected chi connectivity index (χ3v) is 5.78. The molecule has 0 atom stereocenters. The molecule has 0 N–H and O–H groups in total. The fourth-order valence-corrected chi connectivity index (χ4v) is 4.15. The highest BCUT2D eigenvalue weighted by Crippen LogP contribution is 2.39. The van der Waals surface area contributed by atoms with Crippen LogP contribution in [0.4, 0.5) is 0 Å².